The summed E-state index contributed by atoms with van der Waals surface area (Å²) in [6, 6.07) is 11.2. The van der Waals surface area contributed by atoms with Gasteiger partial charge < -0.3 is 5.32 Å². The van der Waals surface area contributed by atoms with Crippen LogP contribution in [-0.4, -0.2) is 4.98 Å². The molecule has 0 bridgehead atoms. The van der Waals surface area contributed by atoms with Crippen molar-refractivity contribution >= 4 is 0 Å². The molecule has 0 unspecified atom stereocenters. The summed E-state index contributed by atoms with van der Waals surface area (Å²) < 4.78 is 0. The summed E-state index contributed by atoms with van der Waals surface area (Å²) in [5.41, 5.74) is 5.44. The molecule has 19 heavy (non-hydrogen) atoms. The number of rotatable bonds is 5. The van der Waals surface area contributed by atoms with Gasteiger partial charge in [0.2, 0.25) is 0 Å². The summed E-state index contributed by atoms with van der Waals surface area (Å²) in [4.78, 5) is 4.12. The lowest BCUT2D eigenvalue weighted by molar-refractivity contribution is 0.689. The van der Waals surface area contributed by atoms with Gasteiger partial charge in [-0.2, -0.15) is 0 Å². The molecule has 1 heterocycles. The van der Waals surface area contributed by atoms with Gasteiger partial charge in [0.15, 0.2) is 0 Å². The van der Waals surface area contributed by atoms with E-state index in [4.69, 9.17) is 0 Å². The fourth-order valence-electron chi connectivity index (χ4n) is 2.37. The maximum absolute atomic E-state index is 4.12. The van der Waals surface area contributed by atoms with Crippen LogP contribution in [0.2, 0.25) is 0 Å². The van der Waals surface area contributed by atoms with Crippen molar-refractivity contribution in [2.75, 3.05) is 0 Å². The minimum absolute atomic E-state index is 0.849. The third-order valence-electron chi connectivity index (χ3n) is 3.81. The van der Waals surface area contributed by atoms with Crippen molar-refractivity contribution in [3.8, 4) is 0 Å². The predicted octanol–water partition coefficient (Wildman–Crippen LogP) is 3.56. The number of benzene rings is 1. The second-order valence-corrected chi connectivity index (χ2v) is 5.42. The fourth-order valence-corrected chi connectivity index (χ4v) is 2.37. The van der Waals surface area contributed by atoms with Gasteiger partial charge in [0.25, 0.3) is 0 Å². The molecule has 2 heteroatoms. The Bertz CT molecular complexity index is 541. The number of nitrogens with zero attached hydrogens (tertiary/aromatic N) is 1. The average molecular weight is 252 g/mol. The molecule has 2 aromatic rings. The molecular formula is C17H20N2. The summed E-state index contributed by atoms with van der Waals surface area (Å²) in [5, 5.41) is 3.50. The van der Waals surface area contributed by atoms with Gasteiger partial charge in [-0.15, -0.1) is 0 Å². The Morgan fingerprint density at radius 1 is 1.11 bits per heavy atom. The molecule has 1 aromatic heterocycles. The van der Waals surface area contributed by atoms with Crippen LogP contribution in [0.1, 0.15) is 41.0 Å². The van der Waals surface area contributed by atoms with Gasteiger partial charge in [0, 0.05) is 25.5 Å². The van der Waals surface area contributed by atoms with Gasteiger partial charge >= 0.3 is 0 Å². The highest BCUT2D eigenvalue weighted by Gasteiger charge is 2.22. The van der Waals surface area contributed by atoms with E-state index in [0.29, 0.717) is 0 Å². The Balaban J connectivity index is 1.53. The Morgan fingerprint density at radius 2 is 1.89 bits per heavy atom. The van der Waals surface area contributed by atoms with Gasteiger partial charge in [-0.25, -0.2) is 0 Å². The first kappa shape index (κ1) is 12.4. The van der Waals surface area contributed by atoms with Gasteiger partial charge in [0.05, 0.1) is 0 Å². The molecule has 0 saturated heterocycles. The number of nitrogens with one attached hydrogen (secondary N) is 1. The van der Waals surface area contributed by atoms with Gasteiger partial charge in [-0.3, -0.25) is 4.98 Å². The van der Waals surface area contributed by atoms with E-state index in [1.807, 2.05) is 12.4 Å². The molecule has 0 amide bonds. The van der Waals surface area contributed by atoms with Crippen LogP contribution in [0.25, 0.3) is 0 Å². The molecule has 0 aliphatic heterocycles. The maximum Gasteiger partial charge on any atom is 0.0300 e. The van der Waals surface area contributed by atoms with Crippen molar-refractivity contribution in [1.29, 1.82) is 0 Å². The van der Waals surface area contributed by atoms with Gasteiger partial charge in [0.1, 0.15) is 0 Å². The predicted molar refractivity (Wildman–Crippen MR) is 77.9 cm³/mol. The normalized spacial score (nSPS) is 14.6. The number of hydrogen-bond donors (Lipinski definition) is 1. The highest BCUT2D eigenvalue weighted by molar-refractivity contribution is 5.28. The molecule has 1 aliphatic rings. The third-order valence-corrected chi connectivity index (χ3v) is 3.81. The Kier molecular flexibility index (Phi) is 3.60. The van der Waals surface area contributed by atoms with E-state index in [-0.39, 0.29) is 0 Å². The average Bonchev–Trinajstić information content (AvgIpc) is 3.26. The highest BCUT2D eigenvalue weighted by Crippen LogP contribution is 2.39. The summed E-state index contributed by atoms with van der Waals surface area (Å²) >= 11 is 0. The molecule has 1 aliphatic carbocycles. The first-order valence-corrected chi connectivity index (χ1v) is 7.02. The first-order valence-electron chi connectivity index (χ1n) is 7.02. The van der Waals surface area contributed by atoms with E-state index in [1.54, 1.807) is 0 Å². The van der Waals surface area contributed by atoms with E-state index >= 15 is 0 Å². The monoisotopic (exact) mass is 252 g/mol. The van der Waals surface area contributed by atoms with Crippen LogP contribution in [0.4, 0.5) is 0 Å². The third kappa shape index (κ3) is 3.21. The molecule has 0 spiro atoms. The zero-order valence-corrected chi connectivity index (χ0v) is 11.4. The molecule has 3 rings (SSSR count). The van der Waals surface area contributed by atoms with Crippen molar-refractivity contribution in [2.24, 2.45) is 0 Å². The van der Waals surface area contributed by atoms with E-state index in [0.717, 1.165) is 19.0 Å². The number of aryl methyl sites for hydroxylation is 1. The Labute approximate surface area is 114 Å². The van der Waals surface area contributed by atoms with E-state index in [9.17, 15) is 0 Å². The van der Waals surface area contributed by atoms with E-state index in [2.05, 4.69) is 47.6 Å². The topological polar surface area (TPSA) is 24.9 Å². The summed E-state index contributed by atoms with van der Waals surface area (Å²) in [5.74, 6) is 0.849. The zero-order valence-electron chi connectivity index (χ0n) is 11.4. The number of aromatic nitrogens is 1. The minimum Gasteiger partial charge on any atom is -0.309 e. The van der Waals surface area contributed by atoms with Crippen molar-refractivity contribution < 1.29 is 0 Å². The Morgan fingerprint density at radius 3 is 2.58 bits per heavy atom. The summed E-state index contributed by atoms with van der Waals surface area (Å²) in [7, 11) is 0. The smallest absolute Gasteiger partial charge is 0.0300 e. The SMILES string of the molecule is Cc1cnccc1CNCc1ccc(C2CC2)cc1. The molecule has 98 valence electrons. The van der Waals surface area contributed by atoms with E-state index < -0.39 is 0 Å². The van der Waals surface area contributed by atoms with Crippen LogP contribution in [0, 0.1) is 6.92 Å². The molecule has 0 atom stereocenters. The van der Waals surface area contributed by atoms with Crippen molar-refractivity contribution in [3.63, 3.8) is 0 Å². The fraction of sp³-hybridized carbons (Fsp3) is 0.353. The van der Waals surface area contributed by atoms with Crippen molar-refractivity contribution in [2.45, 2.75) is 38.8 Å². The summed E-state index contributed by atoms with van der Waals surface area (Å²) in [6.45, 7) is 3.93. The van der Waals surface area contributed by atoms with Crippen LogP contribution in [0.15, 0.2) is 42.7 Å². The molecule has 1 aromatic carbocycles. The lowest BCUT2D eigenvalue weighted by Gasteiger charge is -2.08. The highest BCUT2D eigenvalue weighted by atomic mass is 14.8. The number of hydrogen-bond acceptors (Lipinski definition) is 2. The molecule has 2 nitrogen and oxygen atoms in total. The standard InChI is InChI=1S/C17H20N2/c1-13-10-18-9-8-17(13)12-19-11-14-2-4-15(5-3-14)16-6-7-16/h2-5,8-10,16,19H,6-7,11-12H2,1H3. The van der Waals surface area contributed by atoms with Crippen LogP contribution in [-0.2, 0) is 13.1 Å². The zero-order chi connectivity index (χ0) is 13.1. The maximum atomic E-state index is 4.12. The quantitative estimate of drug-likeness (QED) is 0.880. The van der Waals surface area contributed by atoms with Crippen LogP contribution >= 0.6 is 0 Å². The number of pyridine rings is 1. The Hall–Kier alpha value is -1.67. The van der Waals surface area contributed by atoms with E-state index in [1.165, 1.54) is 35.1 Å². The van der Waals surface area contributed by atoms with Gasteiger partial charge in [-0.1, -0.05) is 24.3 Å². The van der Waals surface area contributed by atoms with Crippen molar-refractivity contribution in [3.05, 3.63) is 65.0 Å². The lowest BCUT2D eigenvalue weighted by Crippen LogP contribution is -2.13. The second kappa shape index (κ2) is 5.54. The van der Waals surface area contributed by atoms with Gasteiger partial charge in [-0.05, 0) is 54.0 Å². The minimum atomic E-state index is 0.849. The first-order chi connectivity index (χ1) is 9.33. The lowest BCUT2D eigenvalue weighted by atomic mass is 10.1. The second-order valence-electron chi connectivity index (χ2n) is 5.42. The molecule has 1 saturated carbocycles. The molecular weight excluding hydrogens is 232 g/mol. The molecule has 1 N–H and O–H groups in total. The molecule has 1 fully saturated rings. The largest absolute Gasteiger partial charge is 0.309 e. The summed E-state index contributed by atoms with van der Waals surface area (Å²) in [6.07, 6.45) is 6.52. The van der Waals surface area contributed by atoms with Crippen LogP contribution < -0.4 is 5.32 Å². The molecule has 0 radical (unpaired) electrons. The van der Waals surface area contributed by atoms with Crippen LogP contribution in [0.3, 0.4) is 0 Å². The van der Waals surface area contributed by atoms with Crippen molar-refractivity contribution in [1.82, 2.24) is 10.3 Å². The van der Waals surface area contributed by atoms with Crippen LogP contribution in [0.5, 0.6) is 0 Å².